The summed E-state index contributed by atoms with van der Waals surface area (Å²) >= 11 is 0. The van der Waals surface area contributed by atoms with Gasteiger partial charge in [-0.15, -0.1) is 0 Å². The van der Waals surface area contributed by atoms with Crippen LogP contribution < -0.4 is 10.6 Å². The molecule has 1 saturated carbocycles. The van der Waals surface area contributed by atoms with Gasteiger partial charge in [0.05, 0.1) is 18.7 Å². The molecule has 4 rings (SSSR count). The molecule has 7 heteroatoms. The maximum Gasteiger partial charge on any atom is 0.315 e. The van der Waals surface area contributed by atoms with Crippen molar-refractivity contribution in [2.24, 2.45) is 0 Å². The van der Waals surface area contributed by atoms with E-state index in [9.17, 15) is 4.79 Å². The molecule has 0 radical (unpaired) electrons. The minimum Gasteiger partial charge on any atom is -0.369 e. The summed E-state index contributed by atoms with van der Waals surface area (Å²) in [6, 6.07) is -0.0375. The number of piperidine rings is 1. The quantitative estimate of drug-likeness (QED) is 0.773. The van der Waals surface area contributed by atoms with Crippen molar-refractivity contribution in [3.8, 4) is 0 Å². The van der Waals surface area contributed by atoms with E-state index in [2.05, 4.69) is 46.7 Å². The number of carbonyl (C=O) groups excluding carboxylic acids is 1. The van der Waals surface area contributed by atoms with Crippen LogP contribution in [0.4, 0.5) is 4.79 Å². The summed E-state index contributed by atoms with van der Waals surface area (Å²) in [6.07, 6.45) is 11.0. The lowest BCUT2D eigenvalue weighted by Crippen LogP contribution is -2.55. The minimum atomic E-state index is -0.109. The van der Waals surface area contributed by atoms with Crippen LogP contribution in [-0.4, -0.2) is 78.9 Å². The molecule has 1 unspecified atom stereocenters. The van der Waals surface area contributed by atoms with E-state index in [0.29, 0.717) is 0 Å². The lowest BCUT2D eigenvalue weighted by atomic mass is 9.89. The van der Waals surface area contributed by atoms with E-state index < -0.39 is 0 Å². The van der Waals surface area contributed by atoms with Gasteiger partial charge in [-0.3, -0.25) is 9.90 Å². The lowest BCUT2D eigenvalue weighted by molar-refractivity contribution is -0.133. The van der Waals surface area contributed by atoms with Crippen LogP contribution in [0.1, 0.15) is 25.7 Å². The highest BCUT2D eigenvalue weighted by Crippen LogP contribution is 2.40. The number of likely N-dealkylation sites (tertiary alicyclic amines) is 1. The van der Waals surface area contributed by atoms with Gasteiger partial charge in [-0.05, 0) is 51.9 Å². The fraction of sp³-hybridized carbons (Fsp3) is 0.722. The summed E-state index contributed by atoms with van der Waals surface area (Å²) in [4.78, 5) is 22.2. The van der Waals surface area contributed by atoms with Crippen molar-refractivity contribution in [1.29, 1.82) is 0 Å². The molecule has 25 heavy (non-hydrogen) atoms. The number of rotatable bonds is 5. The van der Waals surface area contributed by atoms with Crippen LogP contribution in [0.3, 0.4) is 0 Å². The van der Waals surface area contributed by atoms with Gasteiger partial charge in [0.1, 0.15) is 0 Å². The van der Waals surface area contributed by atoms with Crippen molar-refractivity contribution in [2.45, 2.75) is 36.8 Å². The first-order chi connectivity index (χ1) is 12.0. The zero-order valence-electron chi connectivity index (χ0n) is 15.3. The molecule has 4 aliphatic rings. The Balaban J connectivity index is 1.31. The first kappa shape index (κ1) is 16.7. The minimum absolute atomic E-state index is 0.0375. The summed E-state index contributed by atoms with van der Waals surface area (Å²) in [5.41, 5.74) is 1.36. The van der Waals surface area contributed by atoms with Crippen LogP contribution in [0.2, 0.25) is 0 Å². The number of allylic oxidation sites excluding steroid dienone is 1. The second kappa shape index (κ2) is 6.21. The number of carbonyl (C=O) groups is 1. The third kappa shape index (κ3) is 3.35. The Morgan fingerprint density at radius 1 is 1.32 bits per heavy atom. The van der Waals surface area contributed by atoms with E-state index in [1.54, 1.807) is 0 Å². The number of hydroxylamine groups is 2. The van der Waals surface area contributed by atoms with Gasteiger partial charge >= 0.3 is 6.03 Å². The SMILES string of the molecule is CN(C)C1(CON2C=CC(N3CCCC4(CNC(=O)N4)C3)=CC2)CC1. The zero-order valence-corrected chi connectivity index (χ0v) is 15.3. The van der Waals surface area contributed by atoms with E-state index in [0.717, 1.165) is 45.6 Å². The van der Waals surface area contributed by atoms with E-state index in [-0.39, 0.29) is 17.1 Å². The van der Waals surface area contributed by atoms with E-state index in [1.807, 2.05) is 11.3 Å². The number of nitrogens with zero attached hydrogens (tertiary/aromatic N) is 3. The summed E-state index contributed by atoms with van der Waals surface area (Å²) < 4.78 is 0. The molecule has 7 nitrogen and oxygen atoms in total. The van der Waals surface area contributed by atoms with E-state index >= 15 is 0 Å². The Kier molecular flexibility index (Phi) is 4.16. The van der Waals surface area contributed by atoms with Gasteiger partial charge in [0, 0.05) is 37.1 Å². The van der Waals surface area contributed by atoms with Crippen molar-refractivity contribution >= 4 is 6.03 Å². The third-order valence-electron chi connectivity index (χ3n) is 6.07. The zero-order chi connectivity index (χ0) is 17.5. The molecule has 3 aliphatic heterocycles. The molecule has 138 valence electrons. The first-order valence-electron chi connectivity index (χ1n) is 9.27. The molecule has 1 aliphatic carbocycles. The van der Waals surface area contributed by atoms with Gasteiger partial charge in [-0.1, -0.05) is 0 Å². The molecule has 3 heterocycles. The Morgan fingerprint density at radius 2 is 2.16 bits per heavy atom. The fourth-order valence-corrected chi connectivity index (χ4v) is 4.05. The van der Waals surface area contributed by atoms with Gasteiger partial charge in [-0.25, -0.2) is 4.79 Å². The highest BCUT2D eigenvalue weighted by molar-refractivity contribution is 5.77. The molecule has 0 bridgehead atoms. The van der Waals surface area contributed by atoms with Crippen LogP contribution >= 0.6 is 0 Å². The average molecular weight is 347 g/mol. The summed E-state index contributed by atoms with van der Waals surface area (Å²) in [7, 11) is 4.26. The molecule has 0 aromatic heterocycles. The average Bonchev–Trinajstić information content (AvgIpc) is 3.33. The van der Waals surface area contributed by atoms with Gasteiger partial charge in [-0.2, -0.15) is 0 Å². The van der Waals surface area contributed by atoms with Crippen LogP contribution in [0.5, 0.6) is 0 Å². The molecule has 2 amide bonds. The number of nitrogens with one attached hydrogen (secondary N) is 2. The molecule has 0 aromatic carbocycles. The Morgan fingerprint density at radius 3 is 2.76 bits per heavy atom. The molecule has 0 aromatic rings. The van der Waals surface area contributed by atoms with Gasteiger partial charge < -0.3 is 20.4 Å². The molecular weight excluding hydrogens is 318 g/mol. The predicted molar refractivity (Wildman–Crippen MR) is 95.6 cm³/mol. The monoisotopic (exact) mass is 347 g/mol. The Labute approximate surface area is 149 Å². The van der Waals surface area contributed by atoms with Crippen LogP contribution in [-0.2, 0) is 4.84 Å². The topological polar surface area (TPSA) is 60.1 Å². The van der Waals surface area contributed by atoms with Crippen molar-refractivity contribution in [3.63, 3.8) is 0 Å². The summed E-state index contributed by atoms with van der Waals surface area (Å²) in [6.45, 7) is 4.15. The highest BCUT2D eigenvalue weighted by Gasteiger charge is 2.45. The van der Waals surface area contributed by atoms with Gasteiger partial charge in [0.2, 0.25) is 0 Å². The summed E-state index contributed by atoms with van der Waals surface area (Å²) in [5, 5.41) is 7.95. The van der Waals surface area contributed by atoms with Crippen molar-refractivity contribution < 1.29 is 9.63 Å². The molecule has 2 N–H and O–H groups in total. The van der Waals surface area contributed by atoms with E-state index in [1.165, 1.54) is 18.5 Å². The number of amides is 2. The van der Waals surface area contributed by atoms with Crippen LogP contribution in [0.15, 0.2) is 24.0 Å². The highest BCUT2D eigenvalue weighted by atomic mass is 16.7. The normalized spacial score (nSPS) is 30.5. The number of hydrogen-bond acceptors (Lipinski definition) is 5. The second-order valence-corrected chi connectivity index (χ2v) is 8.05. The standard InChI is InChI=1S/C18H29N5O2/c1-21(2)18(7-8-18)14-25-23-10-4-15(5-11-23)22-9-3-6-17(13-22)12-19-16(24)20-17/h4-5,10H,3,6-9,11-14H2,1-2H3,(H2,19,20,24). The van der Waals surface area contributed by atoms with Crippen molar-refractivity contribution in [2.75, 3.05) is 46.9 Å². The maximum absolute atomic E-state index is 11.6. The molecule has 3 fully saturated rings. The largest absolute Gasteiger partial charge is 0.369 e. The second-order valence-electron chi connectivity index (χ2n) is 8.05. The van der Waals surface area contributed by atoms with Gasteiger partial charge in [0.25, 0.3) is 0 Å². The predicted octanol–water partition coefficient (Wildman–Crippen LogP) is 0.873. The first-order valence-corrected chi connectivity index (χ1v) is 9.27. The molecule has 1 spiro atoms. The van der Waals surface area contributed by atoms with Crippen molar-refractivity contribution in [1.82, 2.24) is 25.5 Å². The van der Waals surface area contributed by atoms with Crippen LogP contribution in [0.25, 0.3) is 0 Å². The maximum atomic E-state index is 11.6. The third-order valence-corrected chi connectivity index (χ3v) is 6.07. The van der Waals surface area contributed by atoms with Gasteiger partial charge in [0.15, 0.2) is 0 Å². The molecule has 2 saturated heterocycles. The van der Waals surface area contributed by atoms with Crippen molar-refractivity contribution in [3.05, 3.63) is 24.0 Å². The van der Waals surface area contributed by atoms with E-state index in [4.69, 9.17) is 4.84 Å². The fourth-order valence-electron chi connectivity index (χ4n) is 4.05. The number of likely N-dealkylation sites (N-methyl/N-ethyl adjacent to an activating group) is 1. The lowest BCUT2D eigenvalue weighted by Gasteiger charge is -2.42. The molecule has 1 atom stereocenters. The molecular formula is C18H29N5O2. The Hall–Kier alpha value is -1.73. The van der Waals surface area contributed by atoms with Crippen LogP contribution in [0, 0.1) is 0 Å². The Bertz CT molecular complexity index is 598. The smallest absolute Gasteiger partial charge is 0.315 e. The number of hydrogen-bond donors (Lipinski definition) is 2. The summed E-state index contributed by atoms with van der Waals surface area (Å²) in [5.74, 6) is 0. The number of urea groups is 1.